The summed E-state index contributed by atoms with van der Waals surface area (Å²) in [4.78, 5) is 6.47. The normalized spacial score (nSPS) is 12.0. The summed E-state index contributed by atoms with van der Waals surface area (Å²) in [5.41, 5.74) is 2.76. The van der Waals surface area contributed by atoms with E-state index in [0.29, 0.717) is 6.54 Å². The lowest BCUT2D eigenvalue weighted by atomic mass is 10.2. The van der Waals surface area contributed by atoms with E-state index in [1.165, 1.54) is 28.4 Å². The molecule has 132 valence electrons. The standard InChI is InChI=1S/C20H18FN3S2/c1-3-12-22-20-24(23-13-15-4-10-18(25-2)11-5-15)19(14-26-20)16-6-8-17(21)9-7-16/h3-11,13-14H,1,12H2,2H3. The molecule has 0 atom stereocenters. The van der Waals surface area contributed by atoms with Crippen LogP contribution in [0, 0.1) is 5.82 Å². The van der Waals surface area contributed by atoms with Crippen molar-refractivity contribution in [1.29, 1.82) is 0 Å². The van der Waals surface area contributed by atoms with Crippen molar-refractivity contribution in [3.8, 4) is 11.3 Å². The number of nitrogens with zero attached hydrogens (tertiary/aromatic N) is 3. The first-order valence-corrected chi connectivity index (χ1v) is 10.1. The van der Waals surface area contributed by atoms with Gasteiger partial charge >= 0.3 is 0 Å². The molecule has 0 bridgehead atoms. The Balaban J connectivity index is 2.01. The van der Waals surface area contributed by atoms with Crippen LogP contribution in [-0.4, -0.2) is 23.7 Å². The predicted octanol–water partition coefficient (Wildman–Crippen LogP) is 5.05. The van der Waals surface area contributed by atoms with Crippen LogP contribution in [-0.2, 0) is 0 Å². The molecule has 0 radical (unpaired) electrons. The molecule has 0 unspecified atom stereocenters. The van der Waals surface area contributed by atoms with Gasteiger partial charge in [-0.2, -0.15) is 5.10 Å². The van der Waals surface area contributed by atoms with Crippen LogP contribution in [0.1, 0.15) is 5.56 Å². The van der Waals surface area contributed by atoms with E-state index in [4.69, 9.17) is 0 Å². The first-order valence-electron chi connectivity index (χ1n) is 7.97. The molecule has 0 aliphatic rings. The Morgan fingerprint density at radius 1 is 1.15 bits per heavy atom. The summed E-state index contributed by atoms with van der Waals surface area (Å²) in [5.74, 6) is -0.260. The van der Waals surface area contributed by atoms with Crippen molar-refractivity contribution < 1.29 is 4.39 Å². The minimum absolute atomic E-state index is 0.260. The van der Waals surface area contributed by atoms with Crippen LogP contribution in [0.2, 0.25) is 0 Å². The highest BCUT2D eigenvalue weighted by Gasteiger charge is 2.07. The zero-order valence-electron chi connectivity index (χ0n) is 14.3. The van der Waals surface area contributed by atoms with Gasteiger partial charge < -0.3 is 0 Å². The smallest absolute Gasteiger partial charge is 0.206 e. The van der Waals surface area contributed by atoms with Crippen LogP contribution in [0.15, 0.2) is 81.6 Å². The van der Waals surface area contributed by atoms with Gasteiger partial charge in [0.25, 0.3) is 0 Å². The number of benzene rings is 2. The fourth-order valence-electron chi connectivity index (χ4n) is 2.30. The summed E-state index contributed by atoms with van der Waals surface area (Å²) in [6.45, 7) is 4.22. The van der Waals surface area contributed by atoms with Gasteiger partial charge in [-0.3, -0.25) is 4.99 Å². The lowest BCUT2D eigenvalue weighted by Crippen LogP contribution is -2.12. The zero-order valence-corrected chi connectivity index (χ0v) is 15.9. The fourth-order valence-corrected chi connectivity index (χ4v) is 3.55. The molecule has 0 aliphatic carbocycles. The summed E-state index contributed by atoms with van der Waals surface area (Å²) >= 11 is 3.20. The average Bonchev–Trinajstić information content (AvgIpc) is 3.08. The molecule has 0 fully saturated rings. The van der Waals surface area contributed by atoms with E-state index >= 15 is 0 Å². The van der Waals surface area contributed by atoms with E-state index in [1.807, 2.05) is 23.8 Å². The predicted molar refractivity (Wildman–Crippen MR) is 110 cm³/mol. The van der Waals surface area contributed by atoms with Crippen LogP contribution in [0.3, 0.4) is 0 Å². The average molecular weight is 384 g/mol. The Morgan fingerprint density at radius 3 is 2.54 bits per heavy atom. The lowest BCUT2D eigenvalue weighted by molar-refractivity contribution is 0.628. The quantitative estimate of drug-likeness (QED) is 0.333. The maximum atomic E-state index is 13.2. The molecule has 26 heavy (non-hydrogen) atoms. The van der Waals surface area contributed by atoms with Gasteiger partial charge in [-0.05, 0) is 48.2 Å². The van der Waals surface area contributed by atoms with Gasteiger partial charge in [-0.25, -0.2) is 9.07 Å². The number of thiazole rings is 1. The Morgan fingerprint density at radius 2 is 1.88 bits per heavy atom. The Kier molecular flexibility index (Phi) is 6.20. The van der Waals surface area contributed by atoms with Crippen molar-refractivity contribution >= 4 is 29.3 Å². The fraction of sp³-hybridized carbons (Fsp3) is 0.100. The maximum Gasteiger partial charge on any atom is 0.206 e. The van der Waals surface area contributed by atoms with E-state index in [-0.39, 0.29) is 5.82 Å². The van der Waals surface area contributed by atoms with Gasteiger partial charge in [0.2, 0.25) is 4.80 Å². The molecule has 1 aromatic heterocycles. The molecule has 0 aliphatic heterocycles. The molecule has 2 aromatic carbocycles. The van der Waals surface area contributed by atoms with Crippen molar-refractivity contribution in [3.63, 3.8) is 0 Å². The molecule has 0 spiro atoms. The lowest BCUT2D eigenvalue weighted by Gasteiger charge is -2.04. The largest absolute Gasteiger partial charge is 0.253 e. The SMILES string of the molecule is C=CCN=c1scc(-c2ccc(F)cc2)n1N=Cc1ccc(SC)cc1. The molecule has 0 N–H and O–H groups in total. The summed E-state index contributed by atoms with van der Waals surface area (Å²) < 4.78 is 15.0. The van der Waals surface area contributed by atoms with E-state index < -0.39 is 0 Å². The van der Waals surface area contributed by atoms with Gasteiger partial charge in [0.05, 0.1) is 18.5 Å². The van der Waals surface area contributed by atoms with Gasteiger partial charge in [0.15, 0.2) is 0 Å². The van der Waals surface area contributed by atoms with E-state index in [1.54, 1.807) is 40.9 Å². The molecule has 3 aromatic rings. The molecular formula is C20H18FN3S2. The first kappa shape index (κ1) is 18.4. The summed E-state index contributed by atoms with van der Waals surface area (Å²) in [5, 5.41) is 6.59. The molecule has 3 nitrogen and oxygen atoms in total. The number of hydrogen-bond donors (Lipinski definition) is 0. The van der Waals surface area contributed by atoms with Crippen molar-refractivity contribution in [3.05, 3.63) is 82.7 Å². The Labute approximate surface area is 160 Å². The first-order chi connectivity index (χ1) is 12.7. The van der Waals surface area contributed by atoms with Gasteiger partial charge in [-0.1, -0.05) is 18.2 Å². The topological polar surface area (TPSA) is 29.6 Å². The molecule has 1 heterocycles. The third-order valence-corrected chi connectivity index (χ3v) is 5.22. The van der Waals surface area contributed by atoms with Crippen molar-refractivity contribution in [2.75, 3.05) is 12.8 Å². The van der Waals surface area contributed by atoms with E-state index in [9.17, 15) is 4.39 Å². The van der Waals surface area contributed by atoms with Crippen molar-refractivity contribution in [1.82, 2.24) is 4.68 Å². The van der Waals surface area contributed by atoms with Gasteiger partial charge in [0, 0.05) is 15.8 Å². The molecule has 3 rings (SSSR count). The summed E-state index contributed by atoms with van der Waals surface area (Å²) in [7, 11) is 0. The third kappa shape index (κ3) is 4.39. The highest BCUT2D eigenvalue weighted by molar-refractivity contribution is 7.98. The van der Waals surface area contributed by atoms with Gasteiger partial charge in [0.1, 0.15) is 5.82 Å². The number of halogens is 1. The Bertz CT molecular complexity index is 968. The number of hydrogen-bond acceptors (Lipinski definition) is 4. The highest BCUT2D eigenvalue weighted by atomic mass is 32.2. The van der Waals surface area contributed by atoms with Crippen molar-refractivity contribution in [2.24, 2.45) is 10.1 Å². The second-order valence-electron chi connectivity index (χ2n) is 5.37. The second-order valence-corrected chi connectivity index (χ2v) is 7.09. The van der Waals surface area contributed by atoms with E-state index in [0.717, 1.165) is 21.6 Å². The van der Waals surface area contributed by atoms with Crippen LogP contribution < -0.4 is 4.80 Å². The Hall–Kier alpha value is -2.44. The molecule has 0 saturated carbocycles. The van der Waals surface area contributed by atoms with Gasteiger partial charge in [-0.15, -0.1) is 29.7 Å². The third-order valence-electron chi connectivity index (χ3n) is 3.62. The number of rotatable bonds is 6. The van der Waals surface area contributed by atoms with Crippen LogP contribution in [0.4, 0.5) is 4.39 Å². The molecular weight excluding hydrogens is 365 g/mol. The van der Waals surface area contributed by atoms with Crippen molar-refractivity contribution in [2.45, 2.75) is 4.90 Å². The van der Waals surface area contributed by atoms with E-state index in [2.05, 4.69) is 28.8 Å². The van der Waals surface area contributed by atoms with Crippen LogP contribution in [0.5, 0.6) is 0 Å². The minimum atomic E-state index is -0.260. The monoisotopic (exact) mass is 383 g/mol. The molecule has 0 saturated heterocycles. The number of aromatic nitrogens is 1. The van der Waals surface area contributed by atoms with Crippen LogP contribution >= 0.6 is 23.1 Å². The zero-order chi connectivity index (χ0) is 18.4. The van der Waals surface area contributed by atoms with Crippen LogP contribution in [0.25, 0.3) is 11.3 Å². The second kappa shape index (κ2) is 8.78. The molecule has 6 heteroatoms. The highest BCUT2D eigenvalue weighted by Crippen LogP contribution is 2.20. The molecule has 0 amide bonds. The minimum Gasteiger partial charge on any atom is -0.253 e. The summed E-state index contributed by atoms with van der Waals surface area (Å²) in [6.07, 6.45) is 5.59. The number of thioether (sulfide) groups is 1. The maximum absolute atomic E-state index is 13.2. The summed E-state index contributed by atoms with van der Waals surface area (Å²) in [6, 6.07) is 14.6.